The molecule has 0 spiro atoms. The highest BCUT2D eigenvalue weighted by Gasteiger charge is 2.43. The minimum absolute atomic E-state index is 0.227. The molecule has 0 aliphatic heterocycles. The number of nitrogens with zero attached hydrogens (tertiary/aromatic N) is 1. The molecule has 0 heterocycles. The molecule has 0 unspecified atom stereocenters. The van der Waals surface area contributed by atoms with Crippen LogP contribution >= 0.6 is 0 Å². The summed E-state index contributed by atoms with van der Waals surface area (Å²) in [4.78, 5) is 3.90. The summed E-state index contributed by atoms with van der Waals surface area (Å²) in [7, 11) is 0. The molecule has 0 saturated heterocycles. The largest absolute Gasteiger partial charge is 0.305 e. The maximum atomic E-state index is 13.0. The summed E-state index contributed by atoms with van der Waals surface area (Å²) in [6, 6.07) is 6.50. The quantitative estimate of drug-likeness (QED) is 0.660. The molecule has 0 atom stereocenters. The van der Waals surface area contributed by atoms with Crippen LogP contribution in [-0.4, -0.2) is 0 Å². The van der Waals surface area contributed by atoms with Gasteiger partial charge >= 0.3 is 0 Å². The van der Waals surface area contributed by atoms with Crippen LogP contribution in [0.4, 0.5) is 4.39 Å². The number of hydrogen-bond acceptors (Lipinski definition) is 0. The molecule has 1 aromatic carbocycles. The van der Waals surface area contributed by atoms with Crippen LogP contribution in [0.25, 0.3) is 4.85 Å². The Morgan fingerprint density at radius 3 is 2.22 bits per heavy atom. The van der Waals surface area contributed by atoms with Gasteiger partial charge in [0, 0.05) is 18.4 Å². The van der Waals surface area contributed by atoms with Gasteiger partial charge in [-0.25, -0.2) is 11.0 Å². The van der Waals surface area contributed by atoms with Gasteiger partial charge in [0.05, 0.1) is 0 Å². The zero-order chi connectivity index (χ0) is 13.2. The Bertz CT molecular complexity index is 433. The van der Waals surface area contributed by atoms with Gasteiger partial charge in [0.15, 0.2) is 0 Å². The molecule has 96 valence electrons. The van der Waals surface area contributed by atoms with Gasteiger partial charge < -0.3 is 4.85 Å². The van der Waals surface area contributed by atoms with Gasteiger partial charge in [-0.1, -0.05) is 13.8 Å². The van der Waals surface area contributed by atoms with Crippen LogP contribution in [0.1, 0.15) is 45.1 Å². The normalized spacial score (nSPS) is 28.1. The second-order valence-corrected chi connectivity index (χ2v) is 5.73. The summed E-state index contributed by atoms with van der Waals surface area (Å²) in [5, 5.41) is 0. The van der Waals surface area contributed by atoms with Crippen LogP contribution in [0.3, 0.4) is 0 Å². The fourth-order valence-corrected chi connectivity index (χ4v) is 3.01. The lowest BCUT2D eigenvalue weighted by molar-refractivity contribution is 0.221. The van der Waals surface area contributed by atoms with Gasteiger partial charge in [-0.05, 0) is 48.9 Å². The highest BCUT2D eigenvalue weighted by atomic mass is 19.1. The lowest BCUT2D eigenvalue weighted by Crippen LogP contribution is -2.30. The van der Waals surface area contributed by atoms with Crippen LogP contribution in [-0.2, 0) is 5.54 Å². The highest BCUT2D eigenvalue weighted by Crippen LogP contribution is 2.44. The van der Waals surface area contributed by atoms with Crippen molar-refractivity contribution in [2.75, 3.05) is 0 Å². The van der Waals surface area contributed by atoms with E-state index in [1.165, 1.54) is 12.1 Å². The Morgan fingerprint density at radius 1 is 1.22 bits per heavy atom. The lowest BCUT2D eigenvalue weighted by Gasteiger charge is -2.33. The average molecular weight is 245 g/mol. The van der Waals surface area contributed by atoms with Crippen molar-refractivity contribution >= 4 is 0 Å². The van der Waals surface area contributed by atoms with Crippen LogP contribution in [0.15, 0.2) is 24.3 Å². The first kappa shape index (κ1) is 13.1. The number of benzene rings is 1. The maximum Gasteiger partial charge on any atom is 0.257 e. The summed E-state index contributed by atoms with van der Waals surface area (Å²) in [6.07, 6.45) is 4.03. The van der Waals surface area contributed by atoms with Gasteiger partial charge in [0.25, 0.3) is 5.54 Å². The molecule has 1 saturated carbocycles. The molecule has 1 aliphatic carbocycles. The van der Waals surface area contributed by atoms with E-state index in [1.807, 2.05) is 0 Å². The molecule has 18 heavy (non-hydrogen) atoms. The van der Waals surface area contributed by atoms with E-state index in [-0.39, 0.29) is 5.82 Å². The Kier molecular flexibility index (Phi) is 3.71. The summed E-state index contributed by atoms with van der Waals surface area (Å²) in [5.41, 5.74) is 0.583. The standard InChI is InChI=1S/C16H20FN/c1-12(2)13-8-10-16(18-3,11-9-13)14-4-6-15(17)7-5-14/h4-7,12-13H,8-11H2,1-2H3. The molecule has 0 radical (unpaired) electrons. The van der Waals surface area contributed by atoms with Gasteiger partial charge in [0.2, 0.25) is 0 Å². The predicted molar refractivity (Wildman–Crippen MR) is 71.5 cm³/mol. The molecular formula is C16H20FN. The summed E-state index contributed by atoms with van der Waals surface area (Å²) >= 11 is 0. The molecule has 0 aromatic heterocycles. The van der Waals surface area contributed by atoms with Crippen molar-refractivity contribution in [3.05, 3.63) is 47.1 Å². The van der Waals surface area contributed by atoms with Crippen molar-refractivity contribution in [1.29, 1.82) is 0 Å². The zero-order valence-electron chi connectivity index (χ0n) is 11.1. The first-order valence-corrected chi connectivity index (χ1v) is 6.72. The fraction of sp³-hybridized carbons (Fsp3) is 0.562. The van der Waals surface area contributed by atoms with E-state index >= 15 is 0 Å². The van der Waals surface area contributed by atoms with Crippen LogP contribution in [0.2, 0.25) is 0 Å². The van der Waals surface area contributed by atoms with Crippen LogP contribution in [0.5, 0.6) is 0 Å². The Balaban J connectivity index is 2.19. The fourth-order valence-electron chi connectivity index (χ4n) is 3.01. The van der Waals surface area contributed by atoms with Crippen LogP contribution in [0, 0.1) is 24.2 Å². The molecule has 1 fully saturated rings. The highest BCUT2D eigenvalue weighted by molar-refractivity contribution is 5.29. The van der Waals surface area contributed by atoms with E-state index in [2.05, 4.69) is 18.7 Å². The van der Waals surface area contributed by atoms with E-state index in [4.69, 9.17) is 6.57 Å². The molecular weight excluding hydrogens is 225 g/mol. The van der Waals surface area contributed by atoms with E-state index in [0.29, 0.717) is 5.92 Å². The van der Waals surface area contributed by atoms with E-state index in [1.54, 1.807) is 12.1 Å². The van der Waals surface area contributed by atoms with Crippen LogP contribution < -0.4 is 0 Å². The van der Waals surface area contributed by atoms with Crippen molar-refractivity contribution in [3.8, 4) is 0 Å². The van der Waals surface area contributed by atoms with E-state index in [9.17, 15) is 4.39 Å². The summed E-state index contributed by atoms with van der Waals surface area (Å²) in [5.74, 6) is 1.21. The van der Waals surface area contributed by atoms with Crippen molar-refractivity contribution in [2.45, 2.75) is 45.1 Å². The van der Waals surface area contributed by atoms with Crippen molar-refractivity contribution in [3.63, 3.8) is 0 Å². The van der Waals surface area contributed by atoms with E-state index < -0.39 is 5.54 Å². The Labute approximate surface area is 109 Å². The second-order valence-electron chi connectivity index (χ2n) is 5.73. The topological polar surface area (TPSA) is 4.36 Å². The number of halogens is 1. The SMILES string of the molecule is [C-]#[N+]C1(c2ccc(F)cc2)CCC(C(C)C)CC1. The third kappa shape index (κ3) is 2.41. The van der Waals surface area contributed by atoms with Gasteiger partial charge in [-0.15, -0.1) is 0 Å². The Morgan fingerprint density at radius 2 is 1.78 bits per heavy atom. The molecule has 2 rings (SSSR count). The Hall–Kier alpha value is -1.36. The molecule has 1 aromatic rings. The number of hydrogen-bond donors (Lipinski definition) is 0. The molecule has 1 aliphatic rings. The molecule has 0 N–H and O–H groups in total. The first-order valence-electron chi connectivity index (χ1n) is 6.72. The zero-order valence-corrected chi connectivity index (χ0v) is 11.1. The van der Waals surface area contributed by atoms with Crippen molar-refractivity contribution < 1.29 is 4.39 Å². The smallest absolute Gasteiger partial charge is 0.257 e. The second kappa shape index (κ2) is 5.10. The predicted octanol–water partition coefficient (Wildman–Crippen LogP) is 4.79. The third-order valence-electron chi connectivity index (χ3n) is 4.40. The van der Waals surface area contributed by atoms with Crippen molar-refractivity contribution in [1.82, 2.24) is 0 Å². The first-order chi connectivity index (χ1) is 8.57. The number of rotatable bonds is 2. The maximum absolute atomic E-state index is 13.0. The van der Waals surface area contributed by atoms with E-state index in [0.717, 1.165) is 37.2 Å². The summed E-state index contributed by atoms with van der Waals surface area (Å²) < 4.78 is 13.0. The molecule has 2 heteroatoms. The van der Waals surface area contributed by atoms with Gasteiger partial charge in [0.1, 0.15) is 5.82 Å². The monoisotopic (exact) mass is 245 g/mol. The minimum atomic E-state index is -0.404. The minimum Gasteiger partial charge on any atom is -0.305 e. The van der Waals surface area contributed by atoms with Crippen molar-refractivity contribution in [2.24, 2.45) is 11.8 Å². The molecule has 1 nitrogen and oxygen atoms in total. The average Bonchev–Trinajstić information content (AvgIpc) is 2.39. The lowest BCUT2D eigenvalue weighted by atomic mass is 9.70. The third-order valence-corrected chi connectivity index (χ3v) is 4.40. The van der Waals surface area contributed by atoms with Gasteiger partial charge in [-0.2, -0.15) is 0 Å². The summed E-state index contributed by atoms with van der Waals surface area (Å²) in [6.45, 7) is 12.1. The van der Waals surface area contributed by atoms with Gasteiger partial charge in [-0.3, -0.25) is 0 Å². The molecule has 0 bridgehead atoms. The molecule has 0 amide bonds.